The van der Waals surface area contributed by atoms with E-state index in [4.69, 9.17) is 0 Å². The molecule has 0 bridgehead atoms. The molecule has 0 aromatic rings. The van der Waals surface area contributed by atoms with Gasteiger partial charge in [0.05, 0.1) is 12.3 Å². The van der Waals surface area contributed by atoms with E-state index in [1.165, 1.54) is 103 Å². The summed E-state index contributed by atoms with van der Waals surface area (Å²) >= 11 is 0. The van der Waals surface area contributed by atoms with E-state index in [-0.39, 0.29) is 0 Å². The molecule has 0 aliphatic rings. The van der Waals surface area contributed by atoms with Gasteiger partial charge in [0.15, 0.2) is 0 Å². The molecule has 0 N–H and O–H groups in total. The predicted octanol–water partition coefficient (Wildman–Crippen LogP) is 9.84. The summed E-state index contributed by atoms with van der Waals surface area (Å²) in [6.07, 6.45) is 26.6. The minimum absolute atomic E-state index is 0.575. The highest BCUT2D eigenvalue weighted by Crippen LogP contribution is 2.52. The Bertz CT molecular complexity index is 281. The van der Waals surface area contributed by atoms with Gasteiger partial charge >= 0.3 is 7.25 Å². The fourth-order valence-corrected chi connectivity index (χ4v) is 5.84. The third-order valence-corrected chi connectivity index (χ3v) is 8.29. The van der Waals surface area contributed by atoms with Gasteiger partial charge in [0, 0.05) is 20.6 Å². The van der Waals surface area contributed by atoms with Crippen molar-refractivity contribution in [1.29, 1.82) is 0 Å². The van der Waals surface area contributed by atoms with Gasteiger partial charge in [-0.05, 0) is 25.7 Å². The minimum Gasteiger partial charge on any atom is -0.418 e. The number of halogens is 4. The van der Waals surface area contributed by atoms with Crippen molar-refractivity contribution in [2.45, 2.75) is 117 Å². The van der Waals surface area contributed by atoms with Crippen LogP contribution >= 0.6 is 7.26 Å². The largest absolute Gasteiger partial charge is 0.673 e. The van der Waals surface area contributed by atoms with Crippen molar-refractivity contribution in [3.05, 3.63) is 0 Å². The molecule has 172 valence electrons. The number of rotatable bonds is 18. The Morgan fingerprint density at radius 2 is 0.679 bits per heavy atom. The topological polar surface area (TPSA) is 0 Å². The van der Waals surface area contributed by atoms with E-state index < -0.39 is 14.5 Å². The first-order valence-corrected chi connectivity index (χ1v) is 14.9. The standard InChI is InChI=1S/C22H48P.BF4/c1-5-7-9-11-13-15-17-19-21-23(3,4)22-20-18-16-14-12-10-8-6-2;2-1(3,4)5/h5-22H2,1-4H3;/q+1;-1. The van der Waals surface area contributed by atoms with Crippen molar-refractivity contribution in [3.8, 4) is 0 Å². The lowest BCUT2D eigenvalue weighted by Crippen LogP contribution is -2.02. The van der Waals surface area contributed by atoms with Crippen molar-refractivity contribution >= 4 is 14.5 Å². The number of hydrogen-bond acceptors (Lipinski definition) is 0. The lowest BCUT2D eigenvalue weighted by molar-refractivity contribution is 0.368. The molecular weight excluding hydrogens is 382 g/mol. The van der Waals surface area contributed by atoms with Gasteiger partial charge in [-0.1, -0.05) is 90.9 Å². The van der Waals surface area contributed by atoms with E-state index >= 15 is 0 Å². The van der Waals surface area contributed by atoms with Gasteiger partial charge in [0.2, 0.25) is 0 Å². The summed E-state index contributed by atoms with van der Waals surface area (Å²) in [6.45, 7) is 9.82. The second kappa shape index (κ2) is 20.5. The van der Waals surface area contributed by atoms with Gasteiger partial charge in [0.25, 0.3) is 0 Å². The molecule has 0 aliphatic carbocycles. The summed E-state index contributed by atoms with van der Waals surface area (Å²) in [5, 5.41) is 0. The molecule has 0 saturated heterocycles. The van der Waals surface area contributed by atoms with Crippen molar-refractivity contribution in [3.63, 3.8) is 0 Å². The van der Waals surface area contributed by atoms with Gasteiger partial charge in [-0.25, -0.2) is 0 Å². The van der Waals surface area contributed by atoms with Crippen LogP contribution in [-0.4, -0.2) is 32.9 Å². The van der Waals surface area contributed by atoms with Crippen LogP contribution in [-0.2, 0) is 0 Å². The van der Waals surface area contributed by atoms with Gasteiger partial charge < -0.3 is 17.3 Å². The SMILES string of the molecule is CCCCCCCCCC[P+](C)(C)CCCCCCCCCC.F[B-](F)(F)F. The average molecular weight is 430 g/mol. The number of hydrogen-bond donors (Lipinski definition) is 0. The van der Waals surface area contributed by atoms with E-state index in [1.54, 1.807) is 12.3 Å². The Hall–Kier alpha value is 0.215. The maximum absolute atomic E-state index is 9.75. The van der Waals surface area contributed by atoms with Crippen LogP contribution in [0.15, 0.2) is 0 Å². The van der Waals surface area contributed by atoms with E-state index in [9.17, 15) is 17.3 Å². The smallest absolute Gasteiger partial charge is 0.418 e. The molecule has 0 nitrogen and oxygen atoms in total. The van der Waals surface area contributed by atoms with Crippen molar-refractivity contribution in [2.24, 2.45) is 0 Å². The summed E-state index contributed by atoms with van der Waals surface area (Å²) in [5.41, 5.74) is 0. The van der Waals surface area contributed by atoms with E-state index in [0.717, 1.165) is 0 Å². The summed E-state index contributed by atoms with van der Waals surface area (Å²) in [5.74, 6) is 0. The second-order valence-electron chi connectivity index (χ2n) is 8.83. The van der Waals surface area contributed by atoms with Crippen molar-refractivity contribution in [1.82, 2.24) is 0 Å². The molecule has 0 aliphatic heterocycles. The maximum atomic E-state index is 9.75. The highest BCUT2D eigenvalue weighted by Gasteiger charge is 2.23. The molecular formula is C22H48BF4P. The third-order valence-electron chi connectivity index (χ3n) is 5.23. The van der Waals surface area contributed by atoms with Crippen LogP contribution in [0.25, 0.3) is 0 Å². The molecule has 0 spiro atoms. The molecule has 0 radical (unpaired) electrons. The molecule has 0 aromatic carbocycles. The molecule has 0 saturated carbocycles. The highest BCUT2D eigenvalue weighted by atomic mass is 31.2. The first-order valence-electron chi connectivity index (χ1n) is 11.8. The quantitative estimate of drug-likeness (QED) is 0.0878. The summed E-state index contributed by atoms with van der Waals surface area (Å²) in [6, 6.07) is 0. The Kier molecular flexibility index (Phi) is 22.2. The van der Waals surface area contributed by atoms with Gasteiger partial charge in [-0.3, -0.25) is 0 Å². The molecule has 0 aromatic heterocycles. The Balaban J connectivity index is 0. The maximum Gasteiger partial charge on any atom is 0.673 e. The molecule has 0 rings (SSSR count). The second-order valence-corrected chi connectivity index (χ2v) is 13.6. The van der Waals surface area contributed by atoms with Crippen molar-refractivity contribution in [2.75, 3.05) is 25.7 Å². The molecule has 0 atom stereocenters. The van der Waals surface area contributed by atoms with Crippen molar-refractivity contribution < 1.29 is 17.3 Å². The third kappa shape index (κ3) is 33.8. The molecule has 0 fully saturated rings. The Morgan fingerprint density at radius 3 is 0.929 bits per heavy atom. The lowest BCUT2D eigenvalue weighted by atomic mass is 10.1. The van der Waals surface area contributed by atoms with E-state index in [2.05, 4.69) is 27.2 Å². The van der Waals surface area contributed by atoms with Crippen LogP contribution in [0.5, 0.6) is 0 Å². The fraction of sp³-hybridized carbons (Fsp3) is 1.00. The first-order chi connectivity index (χ1) is 13.1. The highest BCUT2D eigenvalue weighted by molar-refractivity contribution is 7.74. The predicted molar refractivity (Wildman–Crippen MR) is 124 cm³/mol. The van der Waals surface area contributed by atoms with Crippen LogP contribution in [0.3, 0.4) is 0 Å². The zero-order valence-corrected chi connectivity index (χ0v) is 20.2. The lowest BCUT2D eigenvalue weighted by Gasteiger charge is -2.18. The van der Waals surface area contributed by atoms with Crippen LogP contribution in [0.4, 0.5) is 17.3 Å². The van der Waals surface area contributed by atoms with Gasteiger partial charge in [-0.2, -0.15) is 0 Å². The number of unbranched alkanes of at least 4 members (excludes halogenated alkanes) is 14. The van der Waals surface area contributed by atoms with E-state index in [1.807, 2.05) is 0 Å². The first kappa shape index (κ1) is 30.4. The zero-order valence-electron chi connectivity index (χ0n) is 19.3. The monoisotopic (exact) mass is 430 g/mol. The van der Waals surface area contributed by atoms with Crippen LogP contribution in [0.2, 0.25) is 0 Å². The average Bonchev–Trinajstić information content (AvgIpc) is 2.58. The molecule has 0 unspecified atom stereocenters. The summed E-state index contributed by atoms with van der Waals surface area (Å²) < 4.78 is 39.0. The minimum atomic E-state index is -6.00. The summed E-state index contributed by atoms with van der Waals surface area (Å²) in [4.78, 5) is 0. The normalized spacial score (nSPS) is 12.0. The van der Waals surface area contributed by atoms with Crippen LogP contribution in [0.1, 0.15) is 117 Å². The van der Waals surface area contributed by atoms with Crippen LogP contribution < -0.4 is 0 Å². The molecule has 0 amide bonds. The zero-order chi connectivity index (χ0) is 21.7. The summed E-state index contributed by atoms with van der Waals surface area (Å²) in [7, 11) is -6.57. The van der Waals surface area contributed by atoms with E-state index in [0.29, 0.717) is 0 Å². The fourth-order valence-electron chi connectivity index (χ4n) is 3.46. The molecule has 28 heavy (non-hydrogen) atoms. The molecule has 6 heteroatoms. The van der Waals surface area contributed by atoms with Gasteiger partial charge in [-0.15, -0.1) is 0 Å². The Labute approximate surface area is 174 Å². The molecule has 0 heterocycles. The van der Waals surface area contributed by atoms with Crippen LogP contribution in [0, 0.1) is 0 Å². The Morgan fingerprint density at radius 1 is 0.464 bits per heavy atom. The van der Waals surface area contributed by atoms with Gasteiger partial charge in [0.1, 0.15) is 0 Å².